The number of hydrogen-bond donors (Lipinski definition) is 1. The molecule has 0 aromatic carbocycles. The second kappa shape index (κ2) is 4.33. The molecule has 1 rings (SSSR count). The first-order chi connectivity index (χ1) is 6.63. The van der Waals surface area contributed by atoms with Crippen LogP contribution >= 0.6 is 0 Å². The Labute approximate surface area is 81.8 Å². The summed E-state index contributed by atoms with van der Waals surface area (Å²) in [4.78, 5) is 19.1. The van der Waals surface area contributed by atoms with Crippen molar-refractivity contribution >= 4 is 11.6 Å². The Bertz CT molecular complexity index is 365. The molecular weight excluding hydrogens is 180 g/mol. The maximum absolute atomic E-state index is 11.2. The summed E-state index contributed by atoms with van der Waals surface area (Å²) in [5, 5.41) is 11.0. The molecule has 1 atom stereocenters. The van der Waals surface area contributed by atoms with Crippen molar-refractivity contribution in [3.05, 3.63) is 18.2 Å². The van der Waals surface area contributed by atoms with Crippen molar-refractivity contribution < 1.29 is 4.79 Å². The number of amides is 1. The second-order valence-corrected chi connectivity index (χ2v) is 2.86. The molecule has 0 saturated heterocycles. The van der Waals surface area contributed by atoms with Crippen LogP contribution < -0.4 is 5.32 Å². The molecule has 5 heteroatoms. The first-order valence-electron chi connectivity index (χ1n) is 4.12. The van der Waals surface area contributed by atoms with Gasteiger partial charge in [0.15, 0.2) is 0 Å². The fourth-order valence-electron chi connectivity index (χ4n) is 0.766. The summed E-state index contributed by atoms with van der Waals surface area (Å²) in [7, 11) is 0. The summed E-state index contributed by atoms with van der Waals surface area (Å²) in [6.45, 7) is 3.29. The number of rotatable bonds is 2. The van der Waals surface area contributed by atoms with Gasteiger partial charge in [-0.3, -0.25) is 4.79 Å². The van der Waals surface area contributed by atoms with Crippen LogP contribution in [0.5, 0.6) is 0 Å². The van der Waals surface area contributed by atoms with Crippen LogP contribution in [0.15, 0.2) is 12.4 Å². The molecule has 1 N–H and O–H groups in total. The summed E-state index contributed by atoms with van der Waals surface area (Å²) in [6.07, 6.45) is 3.01. The van der Waals surface area contributed by atoms with E-state index in [2.05, 4.69) is 15.3 Å². The molecule has 0 bridgehead atoms. The van der Waals surface area contributed by atoms with Crippen LogP contribution in [-0.2, 0) is 4.79 Å². The fraction of sp³-hybridized carbons (Fsp3) is 0.333. The summed E-state index contributed by atoms with van der Waals surface area (Å²) in [5.74, 6) is -0.382. The van der Waals surface area contributed by atoms with E-state index in [9.17, 15) is 4.79 Å². The minimum Gasteiger partial charge on any atom is -0.322 e. The smallest absolute Gasteiger partial charge is 0.241 e. The minimum atomic E-state index is -0.670. The Hall–Kier alpha value is -1.96. The van der Waals surface area contributed by atoms with E-state index in [1.807, 2.05) is 6.07 Å². The fourth-order valence-corrected chi connectivity index (χ4v) is 0.766. The van der Waals surface area contributed by atoms with Crippen LogP contribution in [0.2, 0.25) is 0 Å². The molecule has 1 aromatic heterocycles. The molecule has 0 aliphatic rings. The van der Waals surface area contributed by atoms with Crippen LogP contribution in [0, 0.1) is 24.2 Å². The first kappa shape index (κ1) is 10.1. The normalized spacial score (nSPS) is 11.5. The highest BCUT2D eigenvalue weighted by molar-refractivity contribution is 5.93. The highest BCUT2D eigenvalue weighted by atomic mass is 16.1. The number of carbonyl (C=O) groups excluding carboxylic acids is 1. The molecule has 0 spiro atoms. The largest absolute Gasteiger partial charge is 0.322 e. The van der Waals surface area contributed by atoms with Gasteiger partial charge in [0.05, 0.1) is 24.2 Å². The number of aromatic nitrogens is 2. The zero-order valence-corrected chi connectivity index (χ0v) is 7.98. The quantitative estimate of drug-likeness (QED) is 0.750. The molecule has 1 amide bonds. The monoisotopic (exact) mass is 190 g/mol. The molecular formula is C9H10N4O. The summed E-state index contributed by atoms with van der Waals surface area (Å²) < 4.78 is 0. The van der Waals surface area contributed by atoms with E-state index >= 15 is 0 Å². The first-order valence-corrected chi connectivity index (χ1v) is 4.12. The molecule has 0 fully saturated rings. The number of nitrogens with one attached hydrogen (secondary N) is 1. The zero-order chi connectivity index (χ0) is 10.6. The molecule has 1 unspecified atom stereocenters. The SMILES string of the molecule is Cc1ncc(NC(=O)C(C)C#N)cn1. The van der Waals surface area contributed by atoms with Gasteiger partial charge in [0.2, 0.25) is 5.91 Å². The number of anilines is 1. The highest BCUT2D eigenvalue weighted by Crippen LogP contribution is 2.04. The molecule has 0 aliphatic carbocycles. The number of nitrogens with zero attached hydrogens (tertiary/aromatic N) is 3. The van der Waals surface area contributed by atoms with Gasteiger partial charge in [0.1, 0.15) is 11.7 Å². The van der Waals surface area contributed by atoms with Crippen molar-refractivity contribution in [1.82, 2.24) is 9.97 Å². The van der Waals surface area contributed by atoms with Gasteiger partial charge in [-0.15, -0.1) is 0 Å². The van der Waals surface area contributed by atoms with Crippen LogP contribution in [0.1, 0.15) is 12.7 Å². The van der Waals surface area contributed by atoms with Crippen LogP contribution in [0.3, 0.4) is 0 Å². The van der Waals surface area contributed by atoms with E-state index in [4.69, 9.17) is 5.26 Å². The predicted molar refractivity (Wildman–Crippen MR) is 50.2 cm³/mol. The van der Waals surface area contributed by atoms with E-state index < -0.39 is 5.92 Å². The van der Waals surface area contributed by atoms with Gasteiger partial charge in [0, 0.05) is 0 Å². The maximum atomic E-state index is 11.2. The molecule has 0 radical (unpaired) electrons. The van der Waals surface area contributed by atoms with Crippen molar-refractivity contribution in [3.63, 3.8) is 0 Å². The van der Waals surface area contributed by atoms with E-state index in [-0.39, 0.29) is 5.91 Å². The third kappa shape index (κ3) is 2.52. The highest BCUT2D eigenvalue weighted by Gasteiger charge is 2.11. The molecule has 1 aromatic rings. The third-order valence-electron chi connectivity index (χ3n) is 1.64. The Morgan fingerprint density at radius 1 is 1.57 bits per heavy atom. The summed E-state index contributed by atoms with van der Waals surface area (Å²) >= 11 is 0. The van der Waals surface area contributed by atoms with Crippen LogP contribution in [0.25, 0.3) is 0 Å². The average molecular weight is 190 g/mol. The lowest BCUT2D eigenvalue weighted by atomic mass is 10.2. The van der Waals surface area contributed by atoms with Gasteiger partial charge in [-0.2, -0.15) is 5.26 Å². The summed E-state index contributed by atoms with van der Waals surface area (Å²) in [5.41, 5.74) is 0.503. The lowest BCUT2D eigenvalue weighted by Gasteiger charge is -2.04. The van der Waals surface area contributed by atoms with Gasteiger partial charge in [0.25, 0.3) is 0 Å². The van der Waals surface area contributed by atoms with E-state index in [1.165, 1.54) is 19.3 Å². The van der Waals surface area contributed by atoms with E-state index in [1.54, 1.807) is 6.92 Å². The van der Waals surface area contributed by atoms with Crippen molar-refractivity contribution in [3.8, 4) is 6.07 Å². The number of aryl methyl sites for hydroxylation is 1. The zero-order valence-electron chi connectivity index (χ0n) is 7.98. The standard InChI is InChI=1S/C9H10N4O/c1-6(3-10)9(14)13-8-4-11-7(2)12-5-8/h4-6H,1-2H3,(H,13,14). The number of hydrogen-bond acceptors (Lipinski definition) is 4. The minimum absolute atomic E-state index is 0.347. The average Bonchev–Trinajstić information content (AvgIpc) is 2.20. The maximum Gasteiger partial charge on any atom is 0.241 e. The Balaban J connectivity index is 2.66. The number of carbonyl (C=O) groups is 1. The molecule has 5 nitrogen and oxygen atoms in total. The van der Waals surface area contributed by atoms with Gasteiger partial charge < -0.3 is 5.32 Å². The van der Waals surface area contributed by atoms with Crippen molar-refractivity contribution in [2.75, 3.05) is 5.32 Å². The van der Waals surface area contributed by atoms with Gasteiger partial charge in [-0.05, 0) is 13.8 Å². The van der Waals surface area contributed by atoms with Gasteiger partial charge in [-0.25, -0.2) is 9.97 Å². The van der Waals surface area contributed by atoms with Crippen molar-refractivity contribution in [2.24, 2.45) is 5.92 Å². The Kier molecular flexibility index (Phi) is 3.13. The van der Waals surface area contributed by atoms with E-state index in [0.717, 1.165) is 0 Å². The van der Waals surface area contributed by atoms with Crippen molar-refractivity contribution in [1.29, 1.82) is 5.26 Å². The number of nitriles is 1. The van der Waals surface area contributed by atoms with Gasteiger partial charge in [-0.1, -0.05) is 0 Å². The molecule has 14 heavy (non-hydrogen) atoms. The predicted octanol–water partition coefficient (Wildman–Crippen LogP) is 0.883. The molecule has 72 valence electrons. The van der Waals surface area contributed by atoms with Crippen LogP contribution in [-0.4, -0.2) is 15.9 Å². The summed E-state index contributed by atoms with van der Waals surface area (Å²) in [6, 6.07) is 1.84. The third-order valence-corrected chi connectivity index (χ3v) is 1.64. The van der Waals surface area contributed by atoms with Crippen LogP contribution in [0.4, 0.5) is 5.69 Å². The molecule has 1 heterocycles. The lowest BCUT2D eigenvalue weighted by molar-refractivity contribution is -0.117. The Morgan fingerprint density at radius 2 is 2.14 bits per heavy atom. The lowest BCUT2D eigenvalue weighted by Crippen LogP contribution is -2.19. The molecule has 0 aliphatic heterocycles. The molecule has 0 saturated carbocycles. The Morgan fingerprint density at radius 3 is 2.64 bits per heavy atom. The van der Waals surface area contributed by atoms with Crippen molar-refractivity contribution in [2.45, 2.75) is 13.8 Å². The van der Waals surface area contributed by atoms with Gasteiger partial charge >= 0.3 is 0 Å². The van der Waals surface area contributed by atoms with E-state index in [0.29, 0.717) is 11.5 Å². The second-order valence-electron chi connectivity index (χ2n) is 2.86. The topological polar surface area (TPSA) is 78.7 Å².